The number of halogens is 1. The highest BCUT2D eigenvalue weighted by atomic mass is 79.9. The summed E-state index contributed by atoms with van der Waals surface area (Å²) in [4.78, 5) is 20.7. The Kier molecular flexibility index (Phi) is 3.54. The van der Waals surface area contributed by atoms with Gasteiger partial charge in [-0.3, -0.25) is 4.79 Å². The zero-order valence-electron chi connectivity index (χ0n) is 9.32. The van der Waals surface area contributed by atoms with Crippen LogP contribution in [0.3, 0.4) is 0 Å². The molecule has 2 heterocycles. The molecule has 0 aromatic carbocycles. The number of aryl methyl sites for hydroxylation is 2. The first-order valence-corrected chi connectivity index (χ1v) is 6.59. The fraction of sp³-hybridized carbons (Fsp3) is 0.182. The van der Waals surface area contributed by atoms with Crippen molar-refractivity contribution < 1.29 is 4.79 Å². The third kappa shape index (κ3) is 2.70. The van der Waals surface area contributed by atoms with Gasteiger partial charge in [0.05, 0.1) is 11.2 Å². The minimum absolute atomic E-state index is 0.167. The summed E-state index contributed by atoms with van der Waals surface area (Å²) in [6.45, 7) is 3.76. The van der Waals surface area contributed by atoms with Crippen LogP contribution in [0, 0.1) is 13.8 Å². The van der Waals surface area contributed by atoms with E-state index in [1.54, 1.807) is 11.7 Å². The standard InChI is InChI=1S/C11H10BrN3OS/c1-6-3-9(13-4-8(6)12)15-11(16)10-7(2)14-5-17-10/h3-5H,1-2H3,(H,13,15,16). The smallest absolute Gasteiger partial charge is 0.268 e. The minimum atomic E-state index is -0.167. The number of carbonyl (C=O) groups excluding carboxylic acids is 1. The number of aromatic nitrogens is 2. The van der Waals surface area contributed by atoms with Gasteiger partial charge >= 0.3 is 0 Å². The van der Waals surface area contributed by atoms with Crippen molar-refractivity contribution in [2.24, 2.45) is 0 Å². The molecule has 2 aromatic rings. The van der Waals surface area contributed by atoms with E-state index in [2.05, 4.69) is 31.2 Å². The maximum absolute atomic E-state index is 11.9. The van der Waals surface area contributed by atoms with E-state index >= 15 is 0 Å². The van der Waals surface area contributed by atoms with E-state index in [1.807, 2.05) is 19.9 Å². The lowest BCUT2D eigenvalue weighted by Gasteiger charge is -2.05. The second kappa shape index (κ2) is 4.93. The fourth-order valence-corrected chi connectivity index (χ4v) is 2.22. The van der Waals surface area contributed by atoms with Crippen LogP contribution in [-0.2, 0) is 0 Å². The van der Waals surface area contributed by atoms with Gasteiger partial charge in [0, 0.05) is 10.7 Å². The Bertz CT molecular complexity index is 568. The molecular formula is C11H10BrN3OS. The van der Waals surface area contributed by atoms with Gasteiger partial charge in [-0.05, 0) is 41.4 Å². The van der Waals surface area contributed by atoms with Gasteiger partial charge in [-0.15, -0.1) is 11.3 Å². The monoisotopic (exact) mass is 311 g/mol. The van der Waals surface area contributed by atoms with E-state index in [0.717, 1.165) is 15.7 Å². The molecule has 17 heavy (non-hydrogen) atoms. The molecule has 1 amide bonds. The summed E-state index contributed by atoms with van der Waals surface area (Å²) in [6, 6.07) is 1.82. The highest BCUT2D eigenvalue weighted by Crippen LogP contribution is 2.19. The van der Waals surface area contributed by atoms with Crippen molar-refractivity contribution in [3.8, 4) is 0 Å². The van der Waals surface area contributed by atoms with Crippen molar-refractivity contribution >= 4 is 39.0 Å². The SMILES string of the molecule is Cc1cc(NC(=O)c2scnc2C)ncc1Br. The summed E-state index contributed by atoms with van der Waals surface area (Å²) in [5.41, 5.74) is 3.42. The van der Waals surface area contributed by atoms with E-state index in [4.69, 9.17) is 0 Å². The van der Waals surface area contributed by atoms with Crippen LogP contribution < -0.4 is 5.32 Å². The third-order valence-corrected chi connectivity index (χ3v) is 4.00. The van der Waals surface area contributed by atoms with E-state index in [0.29, 0.717) is 10.7 Å². The van der Waals surface area contributed by atoms with Gasteiger partial charge in [-0.2, -0.15) is 0 Å². The molecule has 0 radical (unpaired) electrons. The van der Waals surface area contributed by atoms with E-state index < -0.39 is 0 Å². The lowest BCUT2D eigenvalue weighted by molar-refractivity contribution is 0.102. The van der Waals surface area contributed by atoms with Crippen LogP contribution in [0.25, 0.3) is 0 Å². The molecule has 0 saturated carbocycles. The van der Waals surface area contributed by atoms with Crippen LogP contribution in [0.1, 0.15) is 20.9 Å². The Morgan fingerprint density at radius 1 is 1.41 bits per heavy atom. The molecule has 0 bridgehead atoms. The van der Waals surface area contributed by atoms with Crippen molar-refractivity contribution in [2.75, 3.05) is 5.32 Å². The van der Waals surface area contributed by atoms with Gasteiger partial charge in [0.1, 0.15) is 10.7 Å². The normalized spacial score (nSPS) is 10.3. The van der Waals surface area contributed by atoms with E-state index in [1.165, 1.54) is 11.3 Å². The zero-order chi connectivity index (χ0) is 12.4. The molecule has 0 aliphatic heterocycles. The second-order valence-electron chi connectivity index (χ2n) is 3.54. The summed E-state index contributed by atoms with van der Waals surface area (Å²) in [7, 11) is 0. The van der Waals surface area contributed by atoms with Crippen LogP contribution in [0.5, 0.6) is 0 Å². The summed E-state index contributed by atoms with van der Waals surface area (Å²) in [5, 5.41) is 2.75. The third-order valence-electron chi connectivity index (χ3n) is 2.24. The lowest BCUT2D eigenvalue weighted by Crippen LogP contribution is -2.12. The fourth-order valence-electron chi connectivity index (χ4n) is 1.30. The highest BCUT2D eigenvalue weighted by molar-refractivity contribution is 9.10. The van der Waals surface area contributed by atoms with Gasteiger partial charge in [0.15, 0.2) is 0 Å². The zero-order valence-corrected chi connectivity index (χ0v) is 11.7. The first kappa shape index (κ1) is 12.2. The molecule has 0 aliphatic rings. The Labute approximate surface area is 111 Å². The molecule has 6 heteroatoms. The average Bonchev–Trinajstić information content (AvgIpc) is 2.70. The molecule has 0 fully saturated rings. The van der Waals surface area contributed by atoms with Gasteiger partial charge in [0.2, 0.25) is 0 Å². The maximum Gasteiger partial charge on any atom is 0.268 e. The van der Waals surface area contributed by atoms with Crippen LogP contribution in [0.4, 0.5) is 5.82 Å². The number of nitrogens with zero attached hydrogens (tertiary/aromatic N) is 2. The van der Waals surface area contributed by atoms with E-state index in [-0.39, 0.29) is 5.91 Å². The molecule has 0 aliphatic carbocycles. The Hall–Kier alpha value is -1.27. The first-order chi connectivity index (χ1) is 8.08. The number of hydrogen-bond acceptors (Lipinski definition) is 4. The van der Waals surface area contributed by atoms with E-state index in [9.17, 15) is 4.79 Å². The summed E-state index contributed by atoms with van der Waals surface area (Å²) >= 11 is 4.69. The van der Waals surface area contributed by atoms with Crippen LogP contribution in [0.15, 0.2) is 22.2 Å². The average molecular weight is 312 g/mol. The topological polar surface area (TPSA) is 54.9 Å². The molecule has 0 atom stereocenters. The van der Waals surface area contributed by atoms with Crippen molar-refractivity contribution in [3.63, 3.8) is 0 Å². The largest absolute Gasteiger partial charge is 0.306 e. The van der Waals surface area contributed by atoms with Gasteiger partial charge in [0.25, 0.3) is 5.91 Å². The Balaban J connectivity index is 2.19. The minimum Gasteiger partial charge on any atom is -0.306 e. The lowest BCUT2D eigenvalue weighted by atomic mass is 10.3. The van der Waals surface area contributed by atoms with Gasteiger partial charge < -0.3 is 5.32 Å². The number of thiazole rings is 1. The van der Waals surface area contributed by atoms with Gasteiger partial charge in [-0.1, -0.05) is 0 Å². The molecule has 88 valence electrons. The van der Waals surface area contributed by atoms with Crippen LogP contribution in [-0.4, -0.2) is 15.9 Å². The number of rotatable bonds is 2. The van der Waals surface area contributed by atoms with Crippen molar-refractivity contribution in [3.05, 3.63) is 38.4 Å². The molecule has 2 aromatic heterocycles. The maximum atomic E-state index is 11.9. The summed E-state index contributed by atoms with van der Waals surface area (Å²) < 4.78 is 0.921. The first-order valence-electron chi connectivity index (χ1n) is 4.91. The second-order valence-corrected chi connectivity index (χ2v) is 5.25. The van der Waals surface area contributed by atoms with Crippen molar-refractivity contribution in [1.29, 1.82) is 0 Å². The molecule has 4 nitrogen and oxygen atoms in total. The predicted molar refractivity (Wildman–Crippen MR) is 71.5 cm³/mol. The number of pyridine rings is 1. The van der Waals surface area contributed by atoms with Gasteiger partial charge in [-0.25, -0.2) is 9.97 Å². The number of amides is 1. The summed E-state index contributed by atoms with van der Waals surface area (Å²) in [6.07, 6.45) is 1.67. The van der Waals surface area contributed by atoms with Crippen LogP contribution >= 0.6 is 27.3 Å². The highest BCUT2D eigenvalue weighted by Gasteiger charge is 2.12. The number of nitrogens with one attached hydrogen (secondary N) is 1. The quantitative estimate of drug-likeness (QED) is 0.926. The molecule has 2 rings (SSSR count). The molecule has 0 spiro atoms. The Morgan fingerprint density at radius 2 is 2.18 bits per heavy atom. The number of hydrogen-bond donors (Lipinski definition) is 1. The molecule has 1 N–H and O–H groups in total. The molecule has 0 saturated heterocycles. The molecular weight excluding hydrogens is 302 g/mol. The summed E-state index contributed by atoms with van der Waals surface area (Å²) in [5.74, 6) is 0.378. The number of anilines is 1. The predicted octanol–water partition coefficient (Wildman–Crippen LogP) is 3.17. The Morgan fingerprint density at radius 3 is 2.76 bits per heavy atom. The van der Waals surface area contributed by atoms with Crippen LogP contribution in [0.2, 0.25) is 0 Å². The number of carbonyl (C=O) groups is 1. The van der Waals surface area contributed by atoms with Crippen molar-refractivity contribution in [2.45, 2.75) is 13.8 Å². The molecule has 0 unspecified atom stereocenters. The van der Waals surface area contributed by atoms with Crippen molar-refractivity contribution in [1.82, 2.24) is 9.97 Å².